The molecule has 9 aromatic rings. The van der Waals surface area contributed by atoms with Gasteiger partial charge < -0.3 is 8.98 Å². The number of aromatic nitrogens is 3. The molecule has 39 heavy (non-hydrogen) atoms. The van der Waals surface area contributed by atoms with Crippen molar-refractivity contribution in [3.05, 3.63) is 128 Å². The molecule has 0 radical (unpaired) electrons. The lowest BCUT2D eigenvalue weighted by atomic mass is 9.99. The summed E-state index contributed by atoms with van der Waals surface area (Å²) in [4.78, 5) is 4.96. The summed E-state index contributed by atoms with van der Waals surface area (Å²) < 4.78 is 11.2. The first kappa shape index (κ1) is 20.7. The van der Waals surface area contributed by atoms with Gasteiger partial charge in [0.05, 0.1) is 22.2 Å². The van der Waals surface area contributed by atoms with Crippen LogP contribution in [0.25, 0.3) is 76.9 Å². The summed E-state index contributed by atoms with van der Waals surface area (Å²) in [6.45, 7) is 0. The minimum atomic E-state index is 0.897. The van der Waals surface area contributed by atoms with Gasteiger partial charge in [-0.15, -0.1) is 0 Å². The molecule has 4 heteroatoms. The number of para-hydroxylation sites is 4. The van der Waals surface area contributed by atoms with Crippen LogP contribution in [0, 0.1) is 0 Å². The van der Waals surface area contributed by atoms with Crippen molar-refractivity contribution in [1.29, 1.82) is 0 Å². The van der Waals surface area contributed by atoms with Gasteiger partial charge in [0, 0.05) is 27.2 Å². The van der Waals surface area contributed by atoms with Gasteiger partial charge in [0.25, 0.3) is 0 Å². The quantitative estimate of drug-likeness (QED) is 0.238. The molecule has 0 bridgehead atoms. The molecule has 0 unspecified atom stereocenters. The zero-order chi connectivity index (χ0) is 25.5. The van der Waals surface area contributed by atoms with Gasteiger partial charge in [-0.1, -0.05) is 84.9 Å². The molecule has 0 saturated heterocycles. The van der Waals surface area contributed by atoms with Gasteiger partial charge in [-0.05, 0) is 47.2 Å². The fourth-order valence-electron chi connectivity index (χ4n) is 6.38. The Morgan fingerprint density at radius 1 is 0.538 bits per heavy atom. The highest BCUT2D eigenvalue weighted by atomic mass is 16.3. The molecule has 0 N–H and O–H groups in total. The molecule has 0 amide bonds. The number of fused-ring (bicyclic) bond motifs is 11. The molecule has 182 valence electrons. The zero-order valence-electron chi connectivity index (χ0n) is 20.9. The Balaban J connectivity index is 1.52. The van der Waals surface area contributed by atoms with E-state index < -0.39 is 0 Å². The van der Waals surface area contributed by atoms with Crippen LogP contribution in [0.5, 0.6) is 0 Å². The zero-order valence-corrected chi connectivity index (χ0v) is 20.9. The number of furan rings is 1. The van der Waals surface area contributed by atoms with E-state index in [4.69, 9.17) is 9.40 Å². The topological polar surface area (TPSA) is 35.9 Å². The highest BCUT2D eigenvalue weighted by molar-refractivity contribution is 6.35. The van der Waals surface area contributed by atoms with Crippen LogP contribution < -0.4 is 0 Å². The summed E-state index contributed by atoms with van der Waals surface area (Å²) in [5, 5.41) is 7.12. The smallest absolute Gasteiger partial charge is 0.160 e. The van der Waals surface area contributed by atoms with Crippen molar-refractivity contribution in [2.24, 2.45) is 0 Å². The maximum Gasteiger partial charge on any atom is 0.160 e. The van der Waals surface area contributed by atoms with Crippen LogP contribution in [0.2, 0.25) is 0 Å². The third-order valence-electron chi connectivity index (χ3n) is 7.98. The molecule has 0 saturated carbocycles. The molecule has 0 atom stereocenters. The van der Waals surface area contributed by atoms with Gasteiger partial charge in [0.2, 0.25) is 0 Å². The van der Waals surface area contributed by atoms with Gasteiger partial charge in [0.15, 0.2) is 5.58 Å². The normalized spacial score (nSPS) is 12.1. The highest BCUT2D eigenvalue weighted by Crippen LogP contribution is 2.46. The molecule has 6 aromatic carbocycles. The van der Waals surface area contributed by atoms with Crippen molar-refractivity contribution in [1.82, 2.24) is 14.1 Å². The molecule has 4 nitrogen and oxygen atoms in total. The van der Waals surface area contributed by atoms with Gasteiger partial charge in [-0.25, -0.2) is 4.98 Å². The Labute approximate surface area is 222 Å². The maximum absolute atomic E-state index is 6.71. The molecule has 3 heterocycles. The van der Waals surface area contributed by atoms with Gasteiger partial charge in [-0.3, -0.25) is 4.57 Å². The number of hydrogen-bond donors (Lipinski definition) is 0. The summed E-state index contributed by atoms with van der Waals surface area (Å²) in [5.41, 5.74) is 8.13. The predicted molar refractivity (Wildman–Crippen MR) is 160 cm³/mol. The Kier molecular flexibility index (Phi) is 4.02. The van der Waals surface area contributed by atoms with Crippen molar-refractivity contribution in [2.45, 2.75) is 0 Å². The lowest BCUT2D eigenvalue weighted by Crippen LogP contribution is -1.97. The number of benzene rings is 6. The molecule has 0 aliphatic heterocycles. The fraction of sp³-hybridized carbons (Fsp3) is 0. The van der Waals surface area contributed by atoms with E-state index in [1.807, 2.05) is 18.5 Å². The third-order valence-corrected chi connectivity index (χ3v) is 7.98. The minimum Gasteiger partial charge on any atom is -0.454 e. The van der Waals surface area contributed by atoms with Crippen LogP contribution in [0.3, 0.4) is 0 Å². The van der Waals surface area contributed by atoms with Crippen molar-refractivity contribution in [3.8, 4) is 11.4 Å². The number of imidazole rings is 1. The molecular formula is C35H21N3O. The summed E-state index contributed by atoms with van der Waals surface area (Å²) in [7, 11) is 0. The molecule has 0 aliphatic carbocycles. The Hall–Kier alpha value is -5.35. The largest absolute Gasteiger partial charge is 0.454 e. The molecule has 3 aromatic heterocycles. The first-order chi connectivity index (χ1) is 19.4. The highest BCUT2D eigenvalue weighted by Gasteiger charge is 2.24. The number of rotatable bonds is 2. The van der Waals surface area contributed by atoms with Crippen molar-refractivity contribution >= 4 is 65.6 Å². The number of hydrogen-bond acceptors (Lipinski definition) is 2. The summed E-state index contributed by atoms with van der Waals surface area (Å²) >= 11 is 0. The van der Waals surface area contributed by atoms with E-state index in [1.165, 1.54) is 21.5 Å². The summed E-state index contributed by atoms with van der Waals surface area (Å²) in [5.74, 6) is 0. The fourth-order valence-corrected chi connectivity index (χ4v) is 6.38. The van der Waals surface area contributed by atoms with Gasteiger partial charge in [-0.2, -0.15) is 0 Å². The van der Waals surface area contributed by atoms with E-state index in [0.717, 1.165) is 55.4 Å². The summed E-state index contributed by atoms with van der Waals surface area (Å²) in [6, 6.07) is 42.5. The van der Waals surface area contributed by atoms with Crippen LogP contribution in [0.1, 0.15) is 0 Å². The van der Waals surface area contributed by atoms with E-state index in [-0.39, 0.29) is 0 Å². The van der Waals surface area contributed by atoms with Crippen molar-refractivity contribution < 1.29 is 4.42 Å². The lowest BCUT2D eigenvalue weighted by molar-refractivity contribution is 0.671. The standard InChI is InChI=1S/C35H21N3O/c1-2-11-22(12-3-1)37-21-36-33-28(37)18-10-19-29(33)38-27-17-8-6-15-25(27)31-23-13-4-5-14-24(23)32-26-16-7-9-20-30(26)39-35(32)34(31)38/h1-21H. The third kappa shape index (κ3) is 2.70. The minimum absolute atomic E-state index is 0.897. The molecule has 9 rings (SSSR count). The Bertz CT molecular complexity index is 2390. The molecular weight excluding hydrogens is 478 g/mol. The van der Waals surface area contributed by atoms with Crippen LogP contribution in [-0.4, -0.2) is 14.1 Å². The van der Waals surface area contributed by atoms with E-state index in [9.17, 15) is 0 Å². The lowest BCUT2D eigenvalue weighted by Gasteiger charge is -2.11. The van der Waals surface area contributed by atoms with E-state index in [1.54, 1.807) is 0 Å². The van der Waals surface area contributed by atoms with Crippen LogP contribution in [-0.2, 0) is 0 Å². The second kappa shape index (κ2) is 7.59. The van der Waals surface area contributed by atoms with Crippen molar-refractivity contribution in [3.63, 3.8) is 0 Å². The van der Waals surface area contributed by atoms with Crippen molar-refractivity contribution in [2.75, 3.05) is 0 Å². The first-order valence-electron chi connectivity index (χ1n) is 13.2. The Morgan fingerprint density at radius 2 is 1.21 bits per heavy atom. The monoisotopic (exact) mass is 499 g/mol. The predicted octanol–water partition coefficient (Wildman–Crippen LogP) is 9.18. The maximum atomic E-state index is 6.71. The Morgan fingerprint density at radius 3 is 2.05 bits per heavy atom. The molecule has 0 aliphatic rings. The van der Waals surface area contributed by atoms with Crippen LogP contribution in [0.4, 0.5) is 0 Å². The van der Waals surface area contributed by atoms with Crippen LogP contribution >= 0.6 is 0 Å². The van der Waals surface area contributed by atoms with E-state index in [0.29, 0.717) is 0 Å². The van der Waals surface area contributed by atoms with Gasteiger partial charge in [0.1, 0.15) is 17.4 Å². The second-order valence-electron chi connectivity index (χ2n) is 10.0. The van der Waals surface area contributed by atoms with Crippen LogP contribution in [0.15, 0.2) is 132 Å². The summed E-state index contributed by atoms with van der Waals surface area (Å²) in [6.07, 6.45) is 1.92. The van der Waals surface area contributed by atoms with Gasteiger partial charge >= 0.3 is 0 Å². The molecule has 0 fully saturated rings. The van der Waals surface area contributed by atoms with E-state index >= 15 is 0 Å². The number of nitrogens with zero attached hydrogens (tertiary/aromatic N) is 3. The first-order valence-corrected chi connectivity index (χ1v) is 13.2. The average molecular weight is 500 g/mol. The average Bonchev–Trinajstić information content (AvgIpc) is 3.70. The van der Waals surface area contributed by atoms with E-state index in [2.05, 4.69) is 118 Å². The molecule has 0 spiro atoms. The second-order valence-corrected chi connectivity index (χ2v) is 10.0. The SMILES string of the molecule is c1ccc(-n2cnc3c(-n4c5ccccc5c5c6ccccc6c6c7ccccc7oc6c54)cccc32)cc1.